The maximum Gasteiger partial charge on any atom is 0.162 e. The first-order valence-electron chi connectivity index (χ1n) is 13.3. The van der Waals surface area contributed by atoms with Gasteiger partial charge in [0.1, 0.15) is 5.82 Å². The van der Waals surface area contributed by atoms with Crippen LogP contribution in [0.5, 0.6) is 0 Å². The fraction of sp³-hybridized carbons (Fsp3) is 0.273. The van der Waals surface area contributed by atoms with Crippen molar-refractivity contribution >= 4 is 62.4 Å². The van der Waals surface area contributed by atoms with Crippen LogP contribution in [0, 0.1) is 30.6 Å². The zero-order valence-corrected chi connectivity index (χ0v) is 27.2. The lowest BCUT2D eigenvalue weighted by molar-refractivity contribution is -0.118. The molecule has 2 N–H and O–H groups in total. The van der Waals surface area contributed by atoms with Gasteiger partial charge in [-0.1, -0.05) is 70.7 Å². The van der Waals surface area contributed by atoms with Gasteiger partial charge in [-0.25, -0.2) is 0 Å². The quantitative estimate of drug-likeness (QED) is 0.275. The SMILES string of the molecule is Cc1cc(CSc2cc(Cl)ccc2Cl)c(C)c(C2C(C#N)=C(N)N(c3ccc(Br)cc3)C3=C2C(=O)CC(C)(C)C3)c1. The van der Waals surface area contributed by atoms with E-state index in [1.165, 1.54) is 0 Å². The standard InChI is InChI=1S/C33H30BrCl2N3OS/c1-18-11-20(17-41-29-13-22(35)7-10-26(29)36)19(2)24(12-18)30-25(16-37)32(38)39(23-8-5-21(34)6-9-23)27-14-33(3,4)15-28(40)31(27)30/h5-13,30H,14-15,17,38H2,1-4H3. The van der Waals surface area contributed by atoms with E-state index in [-0.39, 0.29) is 11.2 Å². The van der Waals surface area contributed by atoms with Gasteiger partial charge in [0.15, 0.2) is 5.78 Å². The molecule has 1 aliphatic carbocycles. The van der Waals surface area contributed by atoms with Crippen molar-refractivity contribution in [1.29, 1.82) is 5.26 Å². The van der Waals surface area contributed by atoms with E-state index in [4.69, 9.17) is 28.9 Å². The molecule has 1 atom stereocenters. The number of benzene rings is 3. The summed E-state index contributed by atoms with van der Waals surface area (Å²) in [6.07, 6.45) is 1.08. The lowest BCUT2D eigenvalue weighted by Gasteiger charge is -2.44. The molecule has 0 saturated heterocycles. The number of nitriles is 1. The fourth-order valence-corrected chi connectivity index (χ4v) is 7.67. The summed E-state index contributed by atoms with van der Waals surface area (Å²) < 4.78 is 0.938. The average Bonchev–Trinajstić information content (AvgIpc) is 2.90. The van der Waals surface area contributed by atoms with Crippen LogP contribution in [-0.2, 0) is 10.5 Å². The molecule has 2 aliphatic rings. The zero-order chi connectivity index (χ0) is 29.6. The number of halogens is 3. The van der Waals surface area contributed by atoms with Crippen molar-refractivity contribution in [2.75, 3.05) is 4.90 Å². The van der Waals surface area contributed by atoms with Crippen molar-refractivity contribution in [3.63, 3.8) is 0 Å². The third kappa shape index (κ3) is 5.83. The van der Waals surface area contributed by atoms with Crippen molar-refractivity contribution in [2.24, 2.45) is 11.1 Å². The Morgan fingerprint density at radius 2 is 1.80 bits per heavy atom. The molecule has 5 rings (SSSR count). The molecule has 0 saturated carbocycles. The van der Waals surface area contributed by atoms with Crippen LogP contribution in [0.4, 0.5) is 5.69 Å². The number of nitrogens with two attached hydrogens (primary N) is 1. The number of carbonyl (C=O) groups excluding carboxylic acids is 1. The molecule has 0 radical (unpaired) electrons. The number of ketones is 1. The van der Waals surface area contributed by atoms with Crippen molar-refractivity contribution < 1.29 is 4.79 Å². The molecule has 1 aliphatic heterocycles. The van der Waals surface area contributed by atoms with Crippen LogP contribution in [0.2, 0.25) is 10.0 Å². The lowest BCUT2D eigenvalue weighted by atomic mass is 9.68. The molecule has 0 spiro atoms. The van der Waals surface area contributed by atoms with E-state index in [1.807, 2.05) is 42.2 Å². The second-order valence-electron chi connectivity index (χ2n) is 11.5. The molecular formula is C33H30BrCl2N3OS. The van der Waals surface area contributed by atoms with Gasteiger partial charge in [0.05, 0.1) is 22.6 Å². The average molecular weight is 668 g/mol. The predicted octanol–water partition coefficient (Wildman–Crippen LogP) is 9.61. The molecule has 41 heavy (non-hydrogen) atoms. The topological polar surface area (TPSA) is 70.1 Å². The number of hydrogen-bond donors (Lipinski definition) is 1. The summed E-state index contributed by atoms with van der Waals surface area (Å²) >= 11 is 17.8. The number of aryl methyl sites for hydroxylation is 1. The summed E-state index contributed by atoms with van der Waals surface area (Å²) in [6.45, 7) is 8.32. The number of anilines is 1. The van der Waals surface area contributed by atoms with E-state index in [0.717, 1.165) is 43.0 Å². The first-order chi connectivity index (χ1) is 19.4. The highest BCUT2D eigenvalue weighted by Gasteiger charge is 2.45. The molecule has 0 bridgehead atoms. The van der Waals surface area contributed by atoms with Crippen LogP contribution in [-0.4, -0.2) is 5.78 Å². The Labute approximate surface area is 264 Å². The number of carbonyl (C=O) groups is 1. The lowest BCUT2D eigenvalue weighted by Crippen LogP contribution is -2.42. The fourth-order valence-electron chi connectivity index (χ4n) is 5.86. The van der Waals surface area contributed by atoms with Crippen molar-refractivity contribution in [3.8, 4) is 6.07 Å². The number of hydrogen-bond acceptors (Lipinski definition) is 5. The highest BCUT2D eigenvalue weighted by molar-refractivity contribution is 9.10. The predicted molar refractivity (Wildman–Crippen MR) is 173 cm³/mol. The Bertz CT molecular complexity index is 1670. The Hall–Kier alpha value is -2.69. The summed E-state index contributed by atoms with van der Waals surface area (Å²) in [6, 6.07) is 19.9. The van der Waals surface area contributed by atoms with Crippen LogP contribution < -0.4 is 10.6 Å². The van der Waals surface area contributed by atoms with Gasteiger partial charge in [0.2, 0.25) is 0 Å². The Morgan fingerprint density at radius 1 is 1.10 bits per heavy atom. The molecule has 3 aromatic rings. The first kappa shape index (κ1) is 29.8. The number of Topliss-reactive ketones (excluding diaryl/α,β-unsaturated/α-hetero) is 1. The van der Waals surface area contributed by atoms with Crippen LogP contribution in [0.3, 0.4) is 0 Å². The van der Waals surface area contributed by atoms with E-state index in [0.29, 0.717) is 45.6 Å². The monoisotopic (exact) mass is 665 g/mol. The van der Waals surface area contributed by atoms with Crippen molar-refractivity contribution in [1.82, 2.24) is 0 Å². The molecule has 8 heteroatoms. The Kier molecular flexibility index (Phi) is 8.38. The minimum absolute atomic E-state index is 0.0613. The third-order valence-electron chi connectivity index (χ3n) is 7.75. The second kappa shape index (κ2) is 11.5. The van der Waals surface area contributed by atoms with Gasteiger partial charge in [-0.3, -0.25) is 9.69 Å². The maximum absolute atomic E-state index is 14.0. The number of nitrogens with zero attached hydrogens (tertiary/aromatic N) is 2. The van der Waals surface area contributed by atoms with Gasteiger partial charge in [-0.15, -0.1) is 11.8 Å². The zero-order valence-electron chi connectivity index (χ0n) is 23.3. The molecule has 210 valence electrons. The van der Waals surface area contributed by atoms with E-state index >= 15 is 0 Å². The van der Waals surface area contributed by atoms with Crippen LogP contribution in [0.1, 0.15) is 54.9 Å². The van der Waals surface area contributed by atoms with Crippen molar-refractivity contribution in [2.45, 2.75) is 57.1 Å². The highest BCUT2D eigenvalue weighted by atomic mass is 79.9. The van der Waals surface area contributed by atoms with Gasteiger partial charge in [0, 0.05) is 43.5 Å². The number of allylic oxidation sites excluding steroid dienone is 3. The first-order valence-corrected chi connectivity index (χ1v) is 15.8. The minimum atomic E-state index is -0.538. The van der Waals surface area contributed by atoms with E-state index < -0.39 is 5.92 Å². The Balaban J connectivity index is 1.66. The summed E-state index contributed by atoms with van der Waals surface area (Å²) in [5.41, 5.74) is 13.5. The summed E-state index contributed by atoms with van der Waals surface area (Å²) in [4.78, 5) is 16.8. The molecule has 1 unspecified atom stereocenters. The normalized spacial score (nSPS) is 18.4. The molecule has 3 aromatic carbocycles. The van der Waals surface area contributed by atoms with Gasteiger partial charge in [0.25, 0.3) is 0 Å². The second-order valence-corrected chi connectivity index (χ2v) is 14.2. The third-order valence-corrected chi connectivity index (χ3v) is 10.1. The number of rotatable bonds is 5. The van der Waals surface area contributed by atoms with E-state index in [9.17, 15) is 10.1 Å². The van der Waals surface area contributed by atoms with E-state index in [1.54, 1.807) is 23.9 Å². The molecular weight excluding hydrogens is 637 g/mol. The van der Waals surface area contributed by atoms with Gasteiger partial charge < -0.3 is 5.73 Å². The maximum atomic E-state index is 14.0. The summed E-state index contributed by atoms with van der Waals surface area (Å²) in [7, 11) is 0. The van der Waals surface area contributed by atoms with Gasteiger partial charge in [-0.05, 0) is 84.8 Å². The minimum Gasteiger partial charge on any atom is -0.384 e. The molecule has 4 nitrogen and oxygen atoms in total. The smallest absolute Gasteiger partial charge is 0.162 e. The molecule has 0 aromatic heterocycles. The largest absolute Gasteiger partial charge is 0.384 e. The van der Waals surface area contributed by atoms with E-state index in [2.05, 4.69) is 54.9 Å². The molecule has 0 fully saturated rings. The van der Waals surface area contributed by atoms with Crippen molar-refractivity contribution in [3.05, 3.63) is 114 Å². The van der Waals surface area contributed by atoms with Crippen LogP contribution in [0.25, 0.3) is 0 Å². The highest BCUT2D eigenvalue weighted by Crippen LogP contribution is 2.51. The summed E-state index contributed by atoms with van der Waals surface area (Å²) in [5, 5.41) is 11.8. The van der Waals surface area contributed by atoms with Gasteiger partial charge in [-0.2, -0.15) is 5.26 Å². The van der Waals surface area contributed by atoms with Gasteiger partial charge >= 0.3 is 0 Å². The molecule has 1 heterocycles. The Morgan fingerprint density at radius 3 is 2.49 bits per heavy atom. The van der Waals surface area contributed by atoms with Crippen LogP contribution in [0.15, 0.2) is 86.6 Å². The summed E-state index contributed by atoms with van der Waals surface area (Å²) in [5.74, 6) is 0.549. The number of thioether (sulfide) groups is 1. The molecule has 0 amide bonds. The van der Waals surface area contributed by atoms with Crippen LogP contribution >= 0.6 is 50.9 Å².